The number of rotatable bonds is 15. The van der Waals surface area contributed by atoms with Crippen molar-refractivity contribution in [2.45, 2.75) is 77.6 Å². The maximum Gasteiger partial charge on any atom is 0.250 e. The average molecular weight is 706 g/mol. The number of unbranched alkanes of at least 4 members (excludes halogenated alkanes) is 1. The number of imidazole rings is 1. The first-order chi connectivity index (χ1) is 22.0. The maximum atomic E-state index is 14.0. The summed E-state index contributed by atoms with van der Waals surface area (Å²) in [6, 6.07) is 15.4. The van der Waals surface area contributed by atoms with E-state index in [0.717, 1.165) is 42.6 Å². The van der Waals surface area contributed by atoms with Crippen molar-refractivity contribution in [2.24, 2.45) is 11.7 Å². The molecule has 0 bridgehead atoms. The molecule has 4 N–H and O–H groups in total. The zero-order valence-electron chi connectivity index (χ0n) is 28.2. The van der Waals surface area contributed by atoms with Gasteiger partial charge in [-0.25, -0.2) is 4.98 Å². The number of anilines is 1. The summed E-state index contributed by atoms with van der Waals surface area (Å²) in [5.41, 5.74) is 6.51. The monoisotopic (exact) mass is 704 g/mol. The van der Waals surface area contributed by atoms with E-state index in [1.807, 2.05) is 59.5 Å². The molecule has 0 spiro atoms. The second-order valence-corrected chi connectivity index (χ2v) is 12.6. The van der Waals surface area contributed by atoms with Crippen molar-refractivity contribution in [3.63, 3.8) is 0 Å². The first-order valence-corrected chi connectivity index (χ1v) is 16.1. The average Bonchev–Trinajstić information content (AvgIpc) is 3.49. The smallest absolute Gasteiger partial charge is 0.250 e. The SMILES string of the molecule is CCCCOc1ccc(C(C(=O)N2CCC(C)CC2)n2cnc(NC(=O)[C@@H](COCc3ccccc3)NC(=O)C(C)(C)N)c2)cc1.Cl.Cl. The van der Waals surface area contributed by atoms with E-state index in [1.54, 1.807) is 30.9 Å². The van der Waals surface area contributed by atoms with Crippen LogP contribution in [0.25, 0.3) is 0 Å². The predicted molar refractivity (Wildman–Crippen MR) is 192 cm³/mol. The first-order valence-electron chi connectivity index (χ1n) is 16.1. The van der Waals surface area contributed by atoms with Gasteiger partial charge in [-0.15, -0.1) is 24.8 Å². The molecule has 4 rings (SSSR count). The minimum absolute atomic E-state index is 0. The van der Waals surface area contributed by atoms with Crippen molar-refractivity contribution < 1.29 is 23.9 Å². The lowest BCUT2D eigenvalue weighted by Crippen LogP contribution is -2.56. The van der Waals surface area contributed by atoms with Gasteiger partial charge >= 0.3 is 0 Å². The molecule has 1 fully saturated rings. The molecule has 2 heterocycles. The van der Waals surface area contributed by atoms with Crippen LogP contribution in [0.4, 0.5) is 5.82 Å². The highest BCUT2D eigenvalue weighted by molar-refractivity contribution is 5.98. The van der Waals surface area contributed by atoms with Crippen molar-refractivity contribution in [3.8, 4) is 5.75 Å². The van der Waals surface area contributed by atoms with E-state index in [0.29, 0.717) is 25.6 Å². The first kappa shape index (κ1) is 40.5. The zero-order chi connectivity index (χ0) is 33.1. The molecule has 48 heavy (non-hydrogen) atoms. The normalized spacial score (nSPS) is 14.6. The highest BCUT2D eigenvalue weighted by atomic mass is 35.5. The van der Waals surface area contributed by atoms with Gasteiger partial charge in [0.2, 0.25) is 11.8 Å². The van der Waals surface area contributed by atoms with E-state index in [9.17, 15) is 14.4 Å². The Morgan fingerprint density at radius 1 is 1.04 bits per heavy atom. The van der Waals surface area contributed by atoms with E-state index in [-0.39, 0.29) is 49.8 Å². The molecule has 2 atom stereocenters. The number of halogens is 2. The van der Waals surface area contributed by atoms with Crippen LogP contribution in [0.2, 0.25) is 0 Å². The van der Waals surface area contributed by atoms with Gasteiger partial charge in [-0.2, -0.15) is 0 Å². The number of benzene rings is 2. The molecule has 1 unspecified atom stereocenters. The van der Waals surface area contributed by atoms with Gasteiger partial charge in [0.15, 0.2) is 5.82 Å². The third-order valence-corrected chi connectivity index (χ3v) is 8.05. The molecule has 1 aliphatic heterocycles. The number of aromatic nitrogens is 2. The molecule has 0 radical (unpaired) electrons. The van der Waals surface area contributed by atoms with Gasteiger partial charge in [0.1, 0.15) is 17.8 Å². The Morgan fingerprint density at radius 3 is 2.33 bits per heavy atom. The molecule has 0 aliphatic carbocycles. The number of piperidine rings is 1. The van der Waals surface area contributed by atoms with E-state index < -0.39 is 29.4 Å². The third-order valence-electron chi connectivity index (χ3n) is 8.05. The van der Waals surface area contributed by atoms with Gasteiger partial charge in [0, 0.05) is 19.3 Å². The second-order valence-electron chi connectivity index (χ2n) is 12.6. The summed E-state index contributed by atoms with van der Waals surface area (Å²) < 4.78 is 13.4. The number of hydrogen-bond acceptors (Lipinski definition) is 7. The summed E-state index contributed by atoms with van der Waals surface area (Å²) in [6.45, 7) is 9.65. The van der Waals surface area contributed by atoms with Crippen LogP contribution in [-0.2, 0) is 25.7 Å². The Hall–Kier alpha value is -3.64. The molecule has 13 heteroatoms. The summed E-state index contributed by atoms with van der Waals surface area (Å²) in [6.07, 6.45) is 7.09. The summed E-state index contributed by atoms with van der Waals surface area (Å²) in [4.78, 5) is 46.4. The number of amides is 3. The third kappa shape index (κ3) is 11.8. The molecule has 1 aliphatic rings. The number of likely N-dealkylation sites (tertiary alicyclic amines) is 1. The van der Waals surface area contributed by atoms with E-state index in [1.165, 1.54) is 0 Å². The van der Waals surface area contributed by atoms with Crippen molar-refractivity contribution in [1.29, 1.82) is 0 Å². The highest BCUT2D eigenvalue weighted by Gasteiger charge is 2.31. The van der Waals surface area contributed by atoms with Gasteiger partial charge in [-0.1, -0.05) is 62.7 Å². The second kappa shape index (κ2) is 19.4. The van der Waals surface area contributed by atoms with Crippen molar-refractivity contribution in [2.75, 3.05) is 31.6 Å². The standard InChI is InChI=1S/C35H48N6O5.2ClH/c1-5-6-20-46-28-14-12-27(13-15-28)31(33(43)40-18-16-25(2)17-19-40)41-21-30(37-24-41)39-32(42)29(38-34(44)35(3,4)36)23-45-22-26-10-8-7-9-11-26;;/h7-15,21,24-25,29,31H,5-6,16-20,22-23,36H2,1-4H3,(H,38,44)(H,39,42);2*1H/t29-,31?;;/m1../s1. The number of nitrogens with one attached hydrogen (secondary N) is 2. The molecule has 2 aromatic carbocycles. The lowest BCUT2D eigenvalue weighted by molar-refractivity contribution is -0.135. The number of nitrogens with two attached hydrogens (primary N) is 1. The Labute approximate surface area is 296 Å². The lowest BCUT2D eigenvalue weighted by atomic mass is 9.97. The minimum atomic E-state index is -1.20. The van der Waals surface area contributed by atoms with Crippen molar-refractivity contribution in [1.82, 2.24) is 19.8 Å². The molecule has 11 nitrogen and oxygen atoms in total. The molecule has 1 aromatic heterocycles. The number of ether oxygens (including phenoxy) is 2. The van der Waals surface area contributed by atoms with Crippen molar-refractivity contribution >= 4 is 48.4 Å². The fourth-order valence-corrected chi connectivity index (χ4v) is 5.08. The molecule has 3 aromatic rings. The summed E-state index contributed by atoms with van der Waals surface area (Å²) in [5, 5.41) is 5.48. The molecule has 1 saturated heterocycles. The van der Waals surface area contributed by atoms with Crippen LogP contribution in [0.5, 0.6) is 5.75 Å². The Morgan fingerprint density at radius 2 is 1.71 bits per heavy atom. The van der Waals surface area contributed by atoms with Gasteiger partial charge in [0.25, 0.3) is 5.91 Å². The van der Waals surface area contributed by atoms with Crippen LogP contribution in [-0.4, -0.2) is 70.1 Å². The molecule has 0 saturated carbocycles. The largest absolute Gasteiger partial charge is 0.494 e. The Kier molecular flexibility index (Phi) is 16.4. The number of carbonyl (C=O) groups excluding carboxylic acids is 3. The summed E-state index contributed by atoms with van der Waals surface area (Å²) >= 11 is 0. The molecular weight excluding hydrogens is 655 g/mol. The fraction of sp³-hybridized carbons (Fsp3) is 0.486. The number of carbonyl (C=O) groups is 3. The van der Waals surface area contributed by atoms with E-state index >= 15 is 0 Å². The van der Waals surface area contributed by atoms with Crippen LogP contribution in [0.3, 0.4) is 0 Å². The van der Waals surface area contributed by atoms with Gasteiger partial charge in [-0.3, -0.25) is 14.4 Å². The van der Waals surface area contributed by atoms with E-state index in [2.05, 4.69) is 29.5 Å². The predicted octanol–water partition coefficient (Wildman–Crippen LogP) is 5.13. The quantitative estimate of drug-likeness (QED) is 0.186. The van der Waals surface area contributed by atoms with Gasteiger partial charge in [0.05, 0.1) is 31.7 Å². The topological polar surface area (TPSA) is 141 Å². The van der Waals surface area contributed by atoms with Crippen LogP contribution in [0.1, 0.15) is 70.5 Å². The number of nitrogens with zero attached hydrogens (tertiary/aromatic N) is 3. The molecular formula is C35H50Cl2N6O5. The molecule has 264 valence electrons. The van der Waals surface area contributed by atoms with Gasteiger partial charge in [-0.05, 0) is 62.3 Å². The minimum Gasteiger partial charge on any atom is -0.494 e. The Bertz CT molecular complexity index is 1420. The summed E-state index contributed by atoms with van der Waals surface area (Å²) in [7, 11) is 0. The zero-order valence-corrected chi connectivity index (χ0v) is 29.9. The van der Waals surface area contributed by atoms with Gasteiger partial charge < -0.3 is 35.3 Å². The number of hydrogen-bond donors (Lipinski definition) is 3. The van der Waals surface area contributed by atoms with E-state index in [4.69, 9.17) is 15.2 Å². The van der Waals surface area contributed by atoms with Crippen molar-refractivity contribution in [3.05, 3.63) is 78.2 Å². The Balaban J connectivity index is 0.00000400. The van der Waals surface area contributed by atoms with Crippen LogP contribution in [0.15, 0.2) is 67.1 Å². The maximum absolute atomic E-state index is 14.0. The fourth-order valence-electron chi connectivity index (χ4n) is 5.08. The summed E-state index contributed by atoms with van der Waals surface area (Å²) in [5.74, 6) is 0.516. The molecule has 3 amide bonds. The van der Waals surface area contributed by atoms with Crippen LogP contribution < -0.4 is 21.1 Å². The highest BCUT2D eigenvalue weighted by Crippen LogP contribution is 2.27. The lowest BCUT2D eigenvalue weighted by Gasteiger charge is -2.33. The van der Waals surface area contributed by atoms with Crippen LogP contribution in [0, 0.1) is 5.92 Å². The van der Waals surface area contributed by atoms with Crippen LogP contribution >= 0.6 is 24.8 Å².